The van der Waals surface area contributed by atoms with E-state index in [1.165, 1.54) is 6.92 Å². The molecule has 3 heteroatoms. The van der Waals surface area contributed by atoms with Crippen LogP contribution in [0.25, 0.3) is 0 Å². The molecule has 70 valence electrons. The van der Waals surface area contributed by atoms with Crippen LogP contribution in [-0.4, -0.2) is 17.2 Å². The van der Waals surface area contributed by atoms with Gasteiger partial charge < -0.3 is 0 Å². The highest BCUT2D eigenvalue weighted by atomic mass is 19.1. The molecule has 0 aliphatic heterocycles. The SMILES string of the molecule is CC(=O)CC(C)(F)C(=O)C(C)C. The Morgan fingerprint density at radius 1 is 1.42 bits per heavy atom. The van der Waals surface area contributed by atoms with Gasteiger partial charge >= 0.3 is 0 Å². The van der Waals surface area contributed by atoms with Crippen molar-refractivity contribution in [2.75, 3.05) is 0 Å². The molecule has 0 N–H and O–H groups in total. The van der Waals surface area contributed by atoms with E-state index in [1.54, 1.807) is 13.8 Å². The lowest BCUT2D eigenvalue weighted by Gasteiger charge is -2.19. The molecule has 0 heterocycles. The third-order valence-electron chi connectivity index (χ3n) is 1.62. The molecule has 0 saturated heterocycles. The van der Waals surface area contributed by atoms with E-state index in [4.69, 9.17) is 0 Å². The third kappa shape index (κ3) is 3.11. The van der Waals surface area contributed by atoms with Crippen LogP contribution in [0.15, 0.2) is 0 Å². The fourth-order valence-corrected chi connectivity index (χ4v) is 1.16. The molecule has 0 aliphatic carbocycles. The van der Waals surface area contributed by atoms with Crippen molar-refractivity contribution in [3.05, 3.63) is 0 Å². The molecule has 0 aromatic heterocycles. The zero-order valence-electron chi connectivity index (χ0n) is 7.98. The Morgan fingerprint density at radius 3 is 2.08 bits per heavy atom. The van der Waals surface area contributed by atoms with Crippen LogP contribution in [0, 0.1) is 5.92 Å². The summed E-state index contributed by atoms with van der Waals surface area (Å²) < 4.78 is 13.4. The van der Waals surface area contributed by atoms with Crippen molar-refractivity contribution in [1.82, 2.24) is 0 Å². The first kappa shape index (κ1) is 11.3. The molecule has 12 heavy (non-hydrogen) atoms. The summed E-state index contributed by atoms with van der Waals surface area (Å²) in [5.41, 5.74) is -1.99. The number of carbonyl (C=O) groups is 2. The Kier molecular flexibility index (Phi) is 3.55. The molecule has 0 spiro atoms. The van der Waals surface area contributed by atoms with Crippen molar-refractivity contribution in [3.8, 4) is 0 Å². The Hall–Kier alpha value is -0.730. The van der Waals surface area contributed by atoms with Crippen molar-refractivity contribution in [1.29, 1.82) is 0 Å². The maximum atomic E-state index is 13.4. The molecule has 0 aromatic rings. The summed E-state index contributed by atoms with van der Waals surface area (Å²) in [6, 6.07) is 0. The number of halogens is 1. The molecular formula is C9H15FO2. The Balaban J connectivity index is 4.39. The van der Waals surface area contributed by atoms with Crippen LogP contribution in [0.5, 0.6) is 0 Å². The molecule has 0 aromatic carbocycles. The Labute approximate surface area is 72.1 Å². The summed E-state index contributed by atoms with van der Waals surface area (Å²) in [5.74, 6) is -1.16. The molecule has 0 bridgehead atoms. The normalized spacial score (nSPS) is 15.8. The second-order valence-electron chi connectivity index (χ2n) is 3.60. The van der Waals surface area contributed by atoms with Crippen LogP contribution >= 0.6 is 0 Å². The summed E-state index contributed by atoms with van der Waals surface area (Å²) in [4.78, 5) is 21.8. The fraction of sp³-hybridized carbons (Fsp3) is 0.778. The summed E-state index contributed by atoms with van der Waals surface area (Å²) in [7, 11) is 0. The lowest BCUT2D eigenvalue weighted by atomic mass is 9.90. The van der Waals surface area contributed by atoms with E-state index in [0.29, 0.717) is 0 Å². The lowest BCUT2D eigenvalue weighted by molar-refractivity contribution is -0.136. The predicted octanol–water partition coefficient (Wildman–Crippen LogP) is 1.92. The van der Waals surface area contributed by atoms with Gasteiger partial charge in [0.25, 0.3) is 0 Å². The summed E-state index contributed by atoms with van der Waals surface area (Å²) >= 11 is 0. The van der Waals surface area contributed by atoms with E-state index in [1.807, 2.05) is 0 Å². The first-order valence-corrected chi connectivity index (χ1v) is 4.00. The molecular weight excluding hydrogens is 159 g/mol. The van der Waals surface area contributed by atoms with Gasteiger partial charge in [-0.2, -0.15) is 0 Å². The van der Waals surface area contributed by atoms with Gasteiger partial charge in [0, 0.05) is 12.3 Å². The van der Waals surface area contributed by atoms with E-state index < -0.39 is 11.5 Å². The molecule has 0 aliphatic rings. The highest BCUT2D eigenvalue weighted by Crippen LogP contribution is 2.21. The number of alkyl halides is 1. The van der Waals surface area contributed by atoms with Crippen LogP contribution in [0.2, 0.25) is 0 Å². The van der Waals surface area contributed by atoms with Crippen LogP contribution in [0.4, 0.5) is 4.39 Å². The molecule has 0 fully saturated rings. The average molecular weight is 174 g/mol. The zero-order chi connectivity index (χ0) is 9.94. The minimum Gasteiger partial charge on any atom is -0.300 e. The van der Waals surface area contributed by atoms with Crippen molar-refractivity contribution < 1.29 is 14.0 Å². The van der Waals surface area contributed by atoms with Crippen molar-refractivity contribution >= 4 is 11.6 Å². The van der Waals surface area contributed by atoms with Crippen molar-refractivity contribution in [2.24, 2.45) is 5.92 Å². The van der Waals surface area contributed by atoms with Gasteiger partial charge in [-0.1, -0.05) is 13.8 Å². The Bertz CT molecular complexity index is 195. The van der Waals surface area contributed by atoms with Crippen molar-refractivity contribution in [3.63, 3.8) is 0 Å². The molecule has 0 radical (unpaired) electrons. The van der Waals surface area contributed by atoms with E-state index in [0.717, 1.165) is 6.92 Å². The maximum absolute atomic E-state index is 13.4. The first-order valence-electron chi connectivity index (χ1n) is 4.00. The van der Waals surface area contributed by atoms with Gasteiger partial charge in [0.2, 0.25) is 0 Å². The van der Waals surface area contributed by atoms with E-state index >= 15 is 0 Å². The van der Waals surface area contributed by atoms with Crippen LogP contribution in [0.3, 0.4) is 0 Å². The standard InChI is InChI=1S/C9H15FO2/c1-6(2)8(12)9(4,10)5-7(3)11/h6H,5H2,1-4H3. The number of Topliss-reactive ketones (excluding diaryl/α,β-unsaturated/α-hetero) is 2. The second kappa shape index (κ2) is 3.78. The summed E-state index contributed by atoms with van der Waals surface area (Å²) in [5, 5.41) is 0. The highest BCUT2D eigenvalue weighted by molar-refractivity contribution is 5.93. The van der Waals surface area contributed by atoms with Gasteiger partial charge in [0.1, 0.15) is 5.78 Å². The van der Waals surface area contributed by atoms with E-state index in [9.17, 15) is 14.0 Å². The van der Waals surface area contributed by atoms with Gasteiger partial charge in [-0.3, -0.25) is 9.59 Å². The quantitative estimate of drug-likeness (QED) is 0.652. The van der Waals surface area contributed by atoms with Gasteiger partial charge in [-0.25, -0.2) is 4.39 Å². The highest BCUT2D eigenvalue weighted by Gasteiger charge is 2.35. The van der Waals surface area contributed by atoms with Gasteiger partial charge in [-0.15, -0.1) is 0 Å². The first-order chi connectivity index (χ1) is 5.27. The number of hydrogen-bond donors (Lipinski definition) is 0. The van der Waals surface area contributed by atoms with Crippen LogP contribution in [0.1, 0.15) is 34.1 Å². The van der Waals surface area contributed by atoms with Crippen molar-refractivity contribution in [2.45, 2.75) is 39.8 Å². The smallest absolute Gasteiger partial charge is 0.173 e. The average Bonchev–Trinajstić information content (AvgIpc) is 1.82. The number of ketones is 2. The van der Waals surface area contributed by atoms with Gasteiger partial charge in [-0.05, 0) is 13.8 Å². The van der Waals surface area contributed by atoms with E-state index in [2.05, 4.69) is 0 Å². The Morgan fingerprint density at radius 2 is 1.83 bits per heavy atom. The molecule has 1 unspecified atom stereocenters. The number of carbonyl (C=O) groups excluding carboxylic acids is 2. The largest absolute Gasteiger partial charge is 0.300 e. The summed E-state index contributed by atoms with van der Waals surface area (Å²) in [6.07, 6.45) is -0.315. The summed E-state index contributed by atoms with van der Waals surface area (Å²) in [6.45, 7) is 5.70. The second-order valence-corrected chi connectivity index (χ2v) is 3.60. The molecule has 0 rings (SSSR count). The topological polar surface area (TPSA) is 34.1 Å². The van der Waals surface area contributed by atoms with Crippen LogP contribution < -0.4 is 0 Å². The van der Waals surface area contributed by atoms with E-state index in [-0.39, 0.29) is 18.1 Å². The van der Waals surface area contributed by atoms with Gasteiger partial charge in [0.15, 0.2) is 11.5 Å². The molecule has 0 amide bonds. The fourth-order valence-electron chi connectivity index (χ4n) is 1.16. The molecule has 1 atom stereocenters. The maximum Gasteiger partial charge on any atom is 0.173 e. The zero-order valence-corrected chi connectivity index (χ0v) is 7.98. The minimum atomic E-state index is -1.99. The minimum absolute atomic E-state index is 0.297. The monoisotopic (exact) mass is 174 g/mol. The third-order valence-corrected chi connectivity index (χ3v) is 1.62. The van der Waals surface area contributed by atoms with Gasteiger partial charge in [0.05, 0.1) is 0 Å². The molecule has 2 nitrogen and oxygen atoms in total. The molecule has 0 saturated carbocycles. The predicted molar refractivity (Wildman–Crippen MR) is 44.7 cm³/mol. The number of hydrogen-bond acceptors (Lipinski definition) is 2. The lowest BCUT2D eigenvalue weighted by Crippen LogP contribution is -2.35. The van der Waals surface area contributed by atoms with Crippen LogP contribution in [-0.2, 0) is 9.59 Å². The number of rotatable bonds is 4.